The lowest BCUT2D eigenvalue weighted by Gasteiger charge is -2.08. The number of halogens is 1. The first kappa shape index (κ1) is 12.4. The van der Waals surface area contributed by atoms with Gasteiger partial charge in [-0.25, -0.2) is 8.42 Å². The van der Waals surface area contributed by atoms with Crippen LogP contribution in [0.1, 0.15) is 12.8 Å². The van der Waals surface area contributed by atoms with Gasteiger partial charge in [-0.2, -0.15) is 0 Å². The number of hydrogen-bond acceptors (Lipinski definition) is 3. The van der Waals surface area contributed by atoms with Gasteiger partial charge < -0.3 is 5.32 Å². The maximum Gasteiger partial charge on any atom is 0.227 e. The van der Waals surface area contributed by atoms with Gasteiger partial charge in [-0.3, -0.25) is 4.79 Å². The van der Waals surface area contributed by atoms with Crippen LogP contribution in [0.5, 0.6) is 0 Å². The van der Waals surface area contributed by atoms with Gasteiger partial charge in [-0.1, -0.05) is 11.6 Å². The fourth-order valence-electron chi connectivity index (χ4n) is 1.41. The van der Waals surface area contributed by atoms with Crippen LogP contribution in [0, 0.1) is 5.92 Å². The number of carbonyl (C=O) groups excluding carboxylic acids is 1. The van der Waals surface area contributed by atoms with Crippen LogP contribution in [-0.2, 0) is 14.6 Å². The standard InChI is InChI=1S/C11H12ClNO3S/c1-17(15,16)8-4-5-9(12)10(6-8)13-11(14)7-2-3-7/h4-7H,2-3H2,1H3,(H,13,14). The van der Waals surface area contributed by atoms with Crippen LogP contribution < -0.4 is 5.32 Å². The van der Waals surface area contributed by atoms with E-state index in [0.29, 0.717) is 10.7 Å². The van der Waals surface area contributed by atoms with Crippen molar-refractivity contribution in [2.45, 2.75) is 17.7 Å². The molecule has 0 aromatic heterocycles. The highest BCUT2D eigenvalue weighted by Gasteiger charge is 2.30. The van der Waals surface area contributed by atoms with Crippen LogP contribution in [0.4, 0.5) is 5.69 Å². The van der Waals surface area contributed by atoms with Gasteiger partial charge in [0.05, 0.1) is 15.6 Å². The Labute approximate surface area is 105 Å². The molecule has 0 spiro atoms. The average Bonchev–Trinajstić information content (AvgIpc) is 3.02. The molecule has 0 aliphatic heterocycles. The second kappa shape index (κ2) is 4.31. The largest absolute Gasteiger partial charge is 0.324 e. The molecule has 17 heavy (non-hydrogen) atoms. The first-order valence-corrected chi connectivity index (χ1v) is 7.45. The summed E-state index contributed by atoms with van der Waals surface area (Å²) in [6.45, 7) is 0. The number of sulfone groups is 1. The lowest BCUT2D eigenvalue weighted by molar-refractivity contribution is -0.117. The highest BCUT2D eigenvalue weighted by atomic mass is 35.5. The SMILES string of the molecule is CS(=O)(=O)c1ccc(Cl)c(NC(=O)C2CC2)c1. The Hall–Kier alpha value is -1.07. The summed E-state index contributed by atoms with van der Waals surface area (Å²) in [5, 5.41) is 2.99. The lowest BCUT2D eigenvalue weighted by atomic mass is 10.3. The van der Waals surface area contributed by atoms with E-state index in [-0.39, 0.29) is 16.7 Å². The van der Waals surface area contributed by atoms with E-state index in [9.17, 15) is 13.2 Å². The van der Waals surface area contributed by atoms with Crippen molar-refractivity contribution in [2.24, 2.45) is 5.92 Å². The molecule has 1 fully saturated rings. The van der Waals surface area contributed by atoms with Gasteiger partial charge in [0, 0.05) is 12.2 Å². The second-order valence-electron chi connectivity index (χ2n) is 4.18. The fraction of sp³-hybridized carbons (Fsp3) is 0.364. The van der Waals surface area contributed by atoms with Gasteiger partial charge in [-0.05, 0) is 31.0 Å². The van der Waals surface area contributed by atoms with Crippen LogP contribution in [0.2, 0.25) is 5.02 Å². The first-order valence-electron chi connectivity index (χ1n) is 5.18. The van der Waals surface area contributed by atoms with Gasteiger partial charge in [0.2, 0.25) is 5.91 Å². The molecular formula is C11H12ClNO3S. The van der Waals surface area contributed by atoms with Crippen LogP contribution in [0.25, 0.3) is 0 Å². The third-order valence-corrected chi connectivity index (χ3v) is 4.01. The molecule has 1 saturated carbocycles. The summed E-state index contributed by atoms with van der Waals surface area (Å²) in [5.41, 5.74) is 0.353. The molecule has 92 valence electrons. The number of anilines is 1. The molecule has 1 aliphatic carbocycles. The zero-order chi connectivity index (χ0) is 12.6. The number of carbonyl (C=O) groups is 1. The highest BCUT2D eigenvalue weighted by Crippen LogP contribution is 2.32. The Kier molecular flexibility index (Phi) is 3.14. The number of benzene rings is 1. The minimum atomic E-state index is -3.29. The third kappa shape index (κ3) is 2.98. The van der Waals surface area contributed by atoms with E-state index in [0.717, 1.165) is 19.1 Å². The van der Waals surface area contributed by atoms with Crippen molar-refractivity contribution in [3.63, 3.8) is 0 Å². The Bertz CT molecular complexity index is 564. The molecule has 6 heteroatoms. The fourth-order valence-corrected chi connectivity index (χ4v) is 2.22. The van der Waals surface area contributed by atoms with Gasteiger partial charge in [0.25, 0.3) is 0 Å². The van der Waals surface area contributed by atoms with Crippen molar-refractivity contribution in [3.05, 3.63) is 23.2 Å². The monoisotopic (exact) mass is 273 g/mol. The van der Waals surface area contributed by atoms with E-state index in [1.807, 2.05) is 0 Å². The zero-order valence-electron chi connectivity index (χ0n) is 9.23. The van der Waals surface area contributed by atoms with Crippen molar-refractivity contribution in [1.29, 1.82) is 0 Å². The van der Waals surface area contributed by atoms with E-state index >= 15 is 0 Å². The molecule has 1 N–H and O–H groups in total. The predicted molar refractivity (Wildman–Crippen MR) is 65.9 cm³/mol. The number of nitrogens with one attached hydrogen (secondary N) is 1. The van der Waals surface area contributed by atoms with E-state index in [1.165, 1.54) is 18.2 Å². The first-order chi connectivity index (χ1) is 7.88. The molecule has 0 saturated heterocycles. The van der Waals surface area contributed by atoms with E-state index in [4.69, 9.17) is 11.6 Å². The molecule has 0 unspecified atom stereocenters. The Morgan fingerprint density at radius 1 is 1.41 bits per heavy atom. The van der Waals surface area contributed by atoms with Crippen molar-refractivity contribution >= 4 is 33.0 Å². The molecular weight excluding hydrogens is 262 g/mol. The van der Waals surface area contributed by atoms with Crippen LogP contribution in [-0.4, -0.2) is 20.6 Å². The summed E-state index contributed by atoms with van der Waals surface area (Å²) in [7, 11) is -3.29. The van der Waals surface area contributed by atoms with Gasteiger partial charge in [0.15, 0.2) is 9.84 Å². The van der Waals surface area contributed by atoms with E-state index < -0.39 is 9.84 Å². The minimum absolute atomic E-state index is 0.0490. The average molecular weight is 274 g/mol. The van der Waals surface area contributed by atoms with E-state index in [1.54, 1.807) is 0 Å². The molecule has 1 aliphatic rings. The summed E-state index contributed by atoms with van der Waals surface area (Å²) >= 11 is 5.91. The van der Waals surface area contributed by atoms with Crippen LogP contribution in [0.3, 0.4) is 0 Å². The highest BCUT2D eigenvalue weighted by molar-refractivity contribution is 7.90. The minimum Gasteiger partial charge on any atom is -0.324 e. The summed E-state index contributed by atoms with van der Waals surface area (Å²) in [6.07, 6.45) is 2.88. The normalized spacial score (nSPS) is 15.6. The van der Waals surface area contributed by atoms with Crippen molar-refractivity contribution in [1.82, 2.24) is 0 Å². The molecule has 0 heterocycles. The van der Waals surface area contributed by atoms with Gasteiger partial charge in [-0.15, -0.1) is 0 Å². The quantitative estimate of drug-likeness (QED) is 0.917. The number of hydrogen-bond donors (Lipinski definition) is 1. The van der Waals surface area contributed by atoms with Gasteiger partial charge in [0.1, 0.15) is 0 Å². The van der Waals surface area contributed by atoms with E-state index in [2.05, 4.69) is 5.32 Å². The Morgan fingerprint density at radius 3 is 2.59 bits per heavy atom. The molecule has 2 rings (SSSR count). The summed E-state index contributed by atoms with van der Waals surface area (Å²) < 4.78 is 22.7. The van der Waals surface area contributed by atoms with Gasteiger partial charge >= 0.3 is 0 Å². The lowest BCUT2D eigenvalue weighted by Crippen LogP contribution is -2.14. The number of rotatable bonds is 3. The molecule has 1 aromatic rings. The molecule has 0 bridgehead atoms. The summed E-state index contributed by atoms with van der Waals surface area (Å²) in [5.74, 6) is -0.0505. The zero-order valence-corrected chi connectivity index (χ0v) is 10.8. The topological polar surface area (TPSA) is 63.2 Å². The maximum absolute atomic E-state index is 11.6. The maximum atomic E-state index is 11.6. The summed E-state index contributed by atoms with van der Waals surface area (Å²) in [6, 6.07) is 4.28. The summed E-state index contributed by atoms with van der Waals surface area (Å²) in [4.78, 5) is 11.7. The molecule has 0 radical (unpaired) electrons. The molecule has 1 amide bonds. The Morgan fingerprint density at radius 2 is 2.06 bits per heavy atom. The van der Waals surface area contributed by atoms with Crippen molar-refractivity contribution < 1.29 is 13.2 Å². The predicted octanol–water partition coefficient (Wildman–Crippen LogP) is 2.09. The second-order valence-corrected chi connectivity index (χ2v) is 6.60. The number of amides is 1. The van der Waals surface area contributed by atoms with Crippen molar-refractivity contribution in [3.8, 4) is 0 Å². The third-order valence-electron chi connectivity index (χ3n) is 2.57. The Balaban J connectivity index is 2.29. The molecule has 4 nitrogen and oxygen atoms in total. The smallest absolute Gasteiger partial charge is 0.227 e. The van der Waals surface area contributed by atoms with Crippen LogP contribution >= 0.6 is 11.6 Å². The van der Waals surface area contributed by atoms with Crippen molar-refractivity contribution in [2.75, 3.05) is 11.6 Å². The molecule has 0 atom stereocenters. The van der Waals surface area contributed by atoms with Crippen LogP contribution in [0.15, 0.2) is 23.1 Å². The molecule has 1 aromatic carbocycles.